The second kappa shape index (κ2) is 10.7. The van der Waals surface area contributed by atoms with Gasteiger partial charge in [-0.2, -0.15) is 13.2 Å². The summed E-state index contributed by atoms with van der Waals surface area (Å²) in [5.74, 6) is 0.957. The third kappa shape index (κ3) is 6.82. The third-order valence-electron chi connectivity index (χ3n) is 6.13. The molecule has 0 bridgehead atoms. The van der Waals surface area contributed by atoms with Crippen LogP contribution in [0.2, 0.25) is 0 Å². The van der Waals surface area contributed by atoms with Crippen LogP contribution >= 0.6 is 0 Å². The molecule has 174 valence electrons. The fraction of sp³-hybridized carbons (Fsp3) is 0.682. The van der Waals surface area contributed by atoms with Crippen molar-refractivity contribution in [3.05, 3.63) is 35.4 Å². The summed E-state index contributed by atoms with van der Waals surface area (Å²) in [6, 6.07) is 5.92. The van der Waals surface area contributed by atoms with E-state index in [0.29, 0.717) is 12.6 Å². The van der Waals surface area contributed by atoms with Crippen LogP contribution in [-0.2, 0) is 12.7 Å². The lowest BCUT2D eigenvalue weighted by molar-refractivity contribution is -0.137. The number of piperazine rings is 2. The van der Waals surface area contributed by atoms with Crippen molar-refractivity contribution in [3.8, 4) is 0 Å². The van der Waals surface area contributed by atoms with Gasteiger partial charge in [0.2, 0.25) is 0 Å². The molecule has 9 heteroatoms. The summed E-state index contributed by atoms with van der Waals surface area (Å²) < 4.78 is 38.2. The van der Waals surface area contributed by atoms with E-state index in [1.54, 1.807) is 12.1 Å². The number of hydrogen-bond acceptors (Lipinski definition) is 4. The number of rotatable bonds is 5. The first-order chi connectivity index (χ1) is 14.8. The fourth-order valence-electron chi connectivity index (χ4n) is 4.09. The molecule has 0 saturated carbocycles. The Kier molecular flexibility index (Phi) is 8.18. The molecule has 1 N–H and O–H groups in total. The zero-order valence-corrected chi connectivity index (χ0v) is 18.8. The summed E-state index contributed by atoms with van der Waals surface area (Å²) in [6.07, 6.45) is -4.28. The number of likely N-dealkylation sites (N-methyl/N-ethyl adjacent to an activating group) is 2. The Labute approximate surface area is 183 Å². The van der Waals surface area contributed by atoms with E-state index in [4.69, 9.17) is 4.99 Å². The molecule has 0 aliphatic carbocycles. The molecule has 0 spiro atoms. The van der Waals surface area contributed by atoms with Gasteiger partial charge in [0.15, 0.2) is 5.96 Å². The summed E-state index contributed by atoms with van der Waals surface area (Å²) in [5.41, 5.74) is 0.314. The van der Waals surface area contributed by atoms with Crippen molar-refractivity contribution in [1.29, 1.82) is 0 Å². The van der Waals surface area contributed by atoms with Crippen molar-refractivity contribution >= 4 is 5.96 Å². The smallest absolute Gasteiger partial charge is 0.357 e. The van der Waals surface area contributed by atoms with E-state index in [2.05, 4.69) is 45.9 Å². The van der Waals surface area contributed by atoms with Crippen LogP contribution in [0.15, 0.2) is 29.3 Å². The minimum Gasteiger partial charge on any atom is -0.357 e. The molecule has 1 unspecified atom stereocenters. The van der Waals surface area contributed by atoms with Crippen LogP contribution in [0, 0.1) is 0 Å². The monoisotopic (exact) mass is 440 g/mol. The van der Waals surface area contributed by atoms with Crippen molar-refractivity contribution in [3.63, 3.8) is 0 Å². The highest BCUT2D eigenvalue weighted by molar-refractivity contribution is 5.80. The zero-order chi connectivity index (χ0) is 22.4. The molecule has 6 nitrogen and oxygen atoms in total. The standard InChI is InChI=1S/C22H35F3N6/c1-4-26-21(27-15-20-17-28(2)9-10-29(20)3)31-13-11-30(12-14-31)16-18-5-7-19(8-6-18)22(23,24)25/h5-8,20H,4,9-17H2,1-3H3,(H,26,27). The van der Waals surface area contributed by atoms with Crippen molar-refractivity contribution in [2.75, 3.05) is 73.0 Å². The summed E-state index contributed by atoms with van der Waals surface area (Å²) in [5, 5.41) is 3.42. The third-order valence-corrected chi connectivity index (χ3v) is 6.13. The Morgan fingerprint density at radius 3 is 2.32 bits per heavy atom. The summed E-state index contributed by atoms with van der Waals surface area (Å²) in [4.78, 5) is 14.2. The number of hydrogen-bond donors (Lipinski definition) is 1. The molecule has 31 heavy (non-hydrogen) atoms. The van der Waals surface area contributed by atoms with E-state index in [0.717, 1.165) is 70.4 Å². The molecule has 2 saturated heterocycles. The van der Waals surface area contributed by atoms with Gasteiger partial charge in [0.05, 0.1) is 12.1 Å². The molecular formula is C22H35F3N6. The maximum Gasteiger partial charge on any atom is 0.416 e. The lowest BCUT2D eigenvalue weighted by Crippen LogP contribution is -2.54. The average Bonchev–Trinajstić information content (AvgIpc) is 2.74. The van der Waals surface area contributed by atoms with Gasteiger partial charge in [0.25, 0.3) is 0 Å². The maximum absolute atomic E-state index is 12.7. The van der Waals surface area contributed by atoms with Gasteiger partial charge < -0.3 is 15.1 Å². The molecule has 3 rings (SSSR count). The topological polar surface area (TPSA) is 37.4 Å². The fourth-order valence-corrected chi connectivity index (χ4v) is 4.09. The highest BCUT2D eigenvalue weighted by atomic mass is 19.4. The lowest BCUT2D eigenvalue weighted by atomic mass is 10.1. The lowest BCUT2D eigenvalue weighted by Gasteiger charge is -2.38. The van der Waals surface area contributed by atoms with Crippen LogP contribution in [0.25, 0.3) is 0 Å². The van der Waals surface area contributed by atoms with Gasteiger partial charge in [-0.15, -0.1) is 0 Å². The van der Waals surface area contributed by atoms with Gasteiger partial charge in [-0.3, -0.25) is 14.8 Å². The molecule has 0 aromatic heterocycles. The first-order valence-corrected chi connectivity index (χ1v) is 11.1. The van der Waals surface area contributed by atoms with Crippen LogP contribution < -0.4 is 5.32 Å². The number of halogens is 3. The highest BCUT2D eigenvalue weighted by Crippen LogP contribution is 2.29. The molecule has 2 fully saturated rings. The first-order valence-electron chi connectivity index (χ1n) is 11.1. The van der Waals surface area contributed by atoms with E-state index in [1.807, 2.05) is 0 Å². The second-order valence-electron chi connectivity index (χ2n) is 8.55. The van der Waals surface area contributed by atoms with E-state index in [9.17, 15) is 13.2 Å². The van der Waals surface area contributed by atoms with Crippen molar-refractivity contribution in [1.82, 2.24) is 24.9 Å². The molecule has 0 amide bonds. The van der Waals surface area contributed by atoms with Gasteiger partial charge in [-0.05, 0) is 38.7 Å². The Morgan fingerprint density at radius 1 is 1.03 bits per heavy atom. The molecule has 0 radical (unpaired) electrons. The van der Waals surface area contributed by atoms with Crippen LogP contribution in [0.3, 0.4) is 0 Å². The van der Waals surface area contributed by atoms with Gasteiger partial charge in [-0.1, -0.05) is 12.1 Å². The number of nitrogens with zero attached hydrogens (tertiary/aromatic N) is 5. The number of alkyl halides is 3. The Morgan fingerprint density at radius 2 is 1.71 bits per heavy atom. The average molecular weight is 441 g/mol. The van der Waals surface area contributed by atoms with E-state index >= 15 is 0 Å². The Hall–Kier alpha value is -1.84. The maximum atomic E-state index is 12.7. The predicted molar refractivity (Wildman–Crippen MR) is 118 cm³/mol. The van der Waals surface area contributed by atoms with Crippen LogP contribution in [0.5, 0.6) is 0 Å². The number of nitrogens with one attached hydrogen (secondary N) is 1. The number of benzene rings is 1. The van der Waals surface area contributed by atoms with Crippen molar-refractivity contribution < 1.29 is 13.2 Å². The van der Waals surface area contributed by atoms with Gasteiger partial charge in [0, 0.05) is 64.9 Å². The van der Waals surface area contributed by atoms with Crippen molar-refractivity contribution in [2.45, 2.75) is 25.7 Å². The molecule has 1 atom stereocenters. The van der Waals surface area contributed by atoms with Gasteiger partial charge >= 0.3 is 6.18 Å². The van der Waals surface area contributed by atoms with E-state index in [1.165, 1.54) is 12.1 Å². The van der Waals surface area contributed by atoms with Gasteiger partial charge in [-0.25, -0.2) is 0 Å². The molecular weight excluding hydrogens is 405 g/mol. The Bertz CT molecular complexity index is 713. The normalized spacial score (nSPS) is 22.7. The van der Waals surface area contributed by atoms with E-state index in [-0.39, 0.29) is 0 Å². The summed E-state index contributed by atoms with van der Waals surface area (Å²) in [7, 11) is 4.32. The zero-order valence-electron chi connectivity index (χ0n) is 18.8. The SMILES string of the molecule is CCNC(=NCC1CN(C)CCN1C)N1CCN(Cc2ccc(C(F)(F)F)cc2)CC1. The van der Waals surface area contributed by atoms with Gasteiger partial charge in [0.1, 0.15) is 0 Å². The largest absolute Gasteiger partial charge is 0.416 e. The Balaban J connectivity index is 1.52. The minimum atomic E-state index is -4.28. The van der Waals surface area contributed by atoms with Crippen LogP contribution in [0.4, 0.5) is 13.2 Å². The predicted octanol–water partition coefficient (Wildman–Crippen LogP) is 2.03. The first kappa shape index (κ1) is 23.8. The van der Waals surface area contributed by atoms with Crippen LogP contribution in [-0.4, -0.2) is 105 Å². The second-order valence-corrected chi connectivity index (χ2v) is 8.55. The van der Waals surface area contributed by atoms with E-state index < -0.39 is 11.7 Å². The summed E-state index contributed by atoms with van der Waals surface area (Å²) >= 11 is 0. The van der Waals surface area contributed by atoms with Crippen molar-refractivity contribution in [2.24, 2.45) is 4.99 Å². The molecule has 1 aromatic rings. The summed E-state index contributed by atoms with van der Waals surface area (Å²) in [6.45, 7) is 11.0. The number of aliphatic imine (C=N–C) groups is 1. The quantitative estimate of drug-likeness (QED) is 0.560. The molecule has 2 aliphatic rings. The molecule has 2 heterocycles. The highest BCUT2D eigenvalue weighted by Gasteiger charge is 2.30. The minimum absolute atomic E-state index is 0.424. The number of guanidine groups is 1. The van der Waals surface area contributed by atoms with Crippen LogP contribution in [0.1, 0.15) is 18.1 Å². The molecule has 2 aliphatic heterocycles. The molecule has 1 aromatic carbocycles.